The SMILES string of the molecule is CCc1ccc(NC(=O)[C@@H](C)OC(=O)/C=C/c2ccc(F)cc2)cc1. The molecule has 0 aliphatic carbocycles. The van der Waals surface area contributed by atoms with Gasteiger partial charge in [0.25, 0.3) is 5.91 Å². The highest BCUT2D eigenvalue weighted by Crippen LogP contribution is 2.11. The van der Waals surface area contributed by atoms with Crippen molar-refractivity contribution >= 4 is 23.6 Å². The molecule has 0 unspecified atom stereocenters. The first kappa shape index (κ1) is 18.4. The van der Waals surface area contributed by atoms with Gasteiger partial charge >= 0.3 is 5.97 Å². The zero-order valence-corrected chi connectivity index (χ0v) is 14.2. The Labute approximate surface area is 146 Å². The fourth-order valence-electron chi connectivity index (χ4n) is 2.07. The van der Waals surface area contributed by atoms with Gasteiger partial charge in [-0.1, -0.05) is 31.2 Å². The molecular formula is C20H20FNO3. The summed E-state index contributed by atoms with van der Waals surface area (Å²) in [6, 6.07) is 13.1. The Morgan fingerprint density at radius 3 is 2.36 bits per heavy atom. The summed E-state index contributed by atoms with van der Waals surface area (Å²) < 4.78 is 17.9. The maximum absolute atomic E-state index is 12.8. The van der Waals surface area contributed by atoms with Crippen LogP contribution >= 0.6 is 0 Å². The predicted octanol–water partition coefficient (Wildman–Crippen LogP) is 3.97. The fourth-order valence-corrected chi connectivity index (χ4v) is 2.07. The minimum Gasteiger partial charge on any atom is -0.449 e. The van der Waals surface area contributed by atoms with Crippen molar-refractivity contribution in [2.45, 2.75) is 26.4 Å². The van der Waals surface area contributed by atoms with Crippen molar-refractivity contribution in [2.75, 3.05) is 5.32 Å². The second-order valence-corrected chi connectivity index (χ2v) is 5.50. The van der Waals surface area contributed by atoms with Crippen molar-refractivity contribution in [2.24, 2.45) is 0 Å². The van der Waals surface area contributed by atoms with Crippen LogP contribution in [-0.2, 0) is 20.7 Å². The van der Waals surface area contributed by atoms with Crippen molar-refractivity contribution in [3.63, 3.8) is 0 Å². The van der Waals surface area contributed by atoms with Gasteiger partial charge in [0.15, 0.2) is 6.10 Å². The molecule has 4 nitrogen and oxygen atoms in total. The van der Waals surface area contributed by atoms with Gasteiger partial charge in [-0.25, -0.2) is 9.18 Å². The van der Waals surface area contributed by atoms with Crippen LogP contribution < -0.4 is 5.32 Å². The van der Waals surface area contributed by atoms with Gasteiger partial charge in [0, 0.05) is 11.8 Å². The number of carbonyl (C=O) groups excluding carboxylic acids is 2. The molecule has 0 fully saturated rings. The zero-order valence-electron chi connectivity index (χ0n) is 14.2. The Hall–Kier alpha value is -2.95. The minimum atomic E-state index is -0.934. The number of ether oxygens (including phenoxy) is 1. The molecule has 0 spiro atoms. The number of hydrogen-bond donors (Lipinski definition) is 1. The average molecular weight is 341 g/mol. The Balaban J connectivity index is 1.86. The first-order chi connectivity index (χ1) is 12.0. The smallest absolute Gasteiger partial charge is 0.331 e. The normalized spacial score (nSPS) is 12.0. The van der Waals surface area contributed by atoms with E-state index in [1.165, 1.54) is 48.9 Å². The number of aryl methyl sites for hydroxylation is 1. The number of rotatable bonds is 6. The molecule has 1 amide bonds. The summed E-state index contributed by atoms with van der Waals surface area (Å²) in [5.74, 6) is -1.40. The summed E-state index contributed by atoms with van der Waals surface area (Å²) in [4.78, 5) is 23.8. The third-order valence-corrected chi connectivity index (χ3v) is 3.57. The largest absolute Gasteiger partial charge is 0.449 e. The first-order valence-corrected chi connectivity index (χ1v) is 8.02. The highest BCUT2D eigenvalue weighted by Gasteiger charge is 2.16. The van der Waals surface area contributed by atoms with Gasteiger partial charge in [-0.3, -0.25) is 4.79 Å². The van der Waals surface area contributed by atoms with Gasteiger partial charge in [0.05, 0.1) is 0 Å². The average Bonchev–Trinajstić information content (AvgIpc) is 2.61. The number of anilines is 1. The third kappa shape index (κ3) is 5.88. The number of hydrogen-bond acceptors (Lipinski definition) is 3. The van der Waals surface area contributed by atoms with Crippen molar-refractivity contribution < 1.29 is 18.7 Å². The molecule has 130 valence electrons. The number of esters is 1. The maximum atomic E-state index is 12.8. The van der Waals surface area contributed by atoms with Crippen molar-refractivity contribution in [3.8, 4) is 0 Å². The van der Waals surface area contributed by atoms with Crippen LogP contribution in [0.3, 0.4) is 0 Å². The van der Waals surface area contributed by atoms with Gasteiger partial charge in [0.1, 0.15) is 5.82 Å². The van der Waals surface area contributed by atoms with E-state index in [9.17, 15) is 14.0 Å². The van der Waals surface area contributed by atoms with E-state index in [4.69, 9.17) is 4.74 Å². The molecule has 0 bridgehead atoms. The van der Waals surface area contributed by atoms with Crippen LogP contribution in [0, 0.1) is 5.82 Å². The zero-order chi connectivity index (χ0) is 18.2. The van der Waals surface area contributed by atoms with Crippen molar-refractivity contribution in [1.29, 1.82) is 0 Å². The molecule has 0 saturated carbocycles. The molecule has 0 aliphatic heterocycles. The van der Waals surface area contributed by atoms with Crippen molar-refractivity contribution in [1.82, 2.24) is 0 Å². The lowest BCUT2D eigenvalue weighted by Crippen LogP contribution is -2.29. The van der Waals surface area contributed by atoms with E-state index in [0.717, 1.165) is 6.42 Å². The maximum Gasteiger partial charge on any atom is 0.331 e. The minimum absolute atomic E-state index is 0.350. The molecule has 0 aliphatic rings. The number of amides is 1. The van der Waals surface area contributed by atoms with Gasteiger partial charge in [-0.05, 0) is 54.8 Å². The third-order valence-electron chi connectivity index (χ3n) is 3.57. The summed E-state index contributed by atoms with van der Waals surface area (Å²) in [7, 11) is 0. The molecule has 1 N–H and O–H groups in total. The van der Waals surface area contributed by atoms with Crippen LogP contribution in [0.25, 0.3) is 6.08 Å². The van der Waals surface area contributed by atoms with Crippen LogP contribution in [0.5, 0.6) is 0 Å². The summed E-state index contributed by atoms with van der Waals surface area (Å²) in [5, 5.41) is 2.70. The number of nitrogens with one attached hydrogen (secondary N) is 1. The molecule has 0 saturated heterocycles. The summed E-state index contributed by atoms with van der Waals surface area (Å²) in [6.45, 7) is 3.55. The summed E-state index contributed by atoms with van der Waals surface area (Å²) in [6.07, 6.45) is 2.68. The molecular weight excluding hydrogens is 321 g/mol. The summed E-state index contributed by atoms with van der Waals surface area (Å²) in [5.41, 5.74) is 2.47. The van der Waals surface area contributed by atoms with E-state index in [0.29, 0.717) is 11.3 Å². The highest BCUT2D eigenvalue weighted by atomic mass is 19.1. The lowest BCUT2D eigenvalue weighted by Gasteiger charge is -2.12. The van der Waals surface area contributed by atoms with E-state index < -0.39 is 18.0 Å². The standard InChI is InChI=1S/C20H20FNO3/c1-3-15-6-11-18(12-7-15)22-20(24)14(2)25-19(23)13-8-16-4-9-17(21)10-5-16/h4-14H,3H2,1-2H3,(H,22,24)/b13-8+/t14-/m1/s1. The quantitative estimate of drug-likeness (QED) is 0.639. The van der Waals surface area contributed by atoms with Crippen LogP contribution in [0.2, 0.25) is 0 Å². The van der Waals surface area contributed by atoms with Gasteiger partial charge in [0.2, 0.25) is 0 Å². The monoisotopic (exact) mass is 341 g/mol. The van der Waals surface area contributed by atoms with E-state index in [1.807, 2.05) is 12.1 Å². The molecule has 1 atom stereocenters. The van der Waals surface area contributed by atoms with Gasteiger partial charge in [-0.15, -0.1) is 0 Å². The van der Waals surface area contributed by atoms with E-state index >= 15 is 0 Å². The van der Waals surface area contributed by atoms with E-state index in [2.05, 4.69) is 12.2 Å². The van der Waals surface area contributed by atoms with Crippen LogP contribution in [-0.4, -0.2) is 18.0 Å². The topological polar surface area (TPSA) is 55.4 Å². The Morgan fingerprint density at radius 2 is 1.76 bits per heavy atom. The Bertz CT molecular complexity index is 752. The number of carbonyl (C=O) groups is 2. The summed E-state index contributed by atoms with van der Waals surface area (Å²) >= 11 is 0. The number of benzene rings is 2. The van der Waals surface area contributed by atoms with Gasteiger partial charge in [-0.2, -0.15) is 0 Å². The lowest BCUT2D eigenvalue weighted by molar-refractivity contribution is -0.148. The van der Waals surface area contributed by atoms with Gasteiger partial charge < -0.3 is 10.1 Å². The molecule has 0 aromatic heterocycles. The molecule has 5 heteroatoms. The first-order valence-electron chi connectivity index (χ1n) is 8.02. The Kier molecular flexibility index (Phi) is 6.46. The molecule has 2 aromatic rings. The van der Waals surface area contributed by atoms with Crippen molar-refractivity contribution in [3.05, 3.63) is 71.6 Å². The van der Waals surface area contributed by atoms with Crippen LogP contribution in [0.15, 0.2) is 54.6 Å². The fraction of sp³-hybridized carbons (Fsp3) is 0.200. The second kappa shape index (κ2) is 8.78. The van der Waals surface area contributed by atoms with Crippen LogP contribution in [0.4, 0.5) is 10.1 Å². The molecule has 0 radical (unpaired) electrons. The van der Waals surface area contributed by atoms with E-state index in [1.54, 1.807) is 12.1 Å². The van der Waals surface area contributed by atoms with E-state index in [-0.39, 0.29) is 5.82 Å². The molecule has 0 heterocycles. The lowest BCUT2D eigenvalue weighted by atomic mass is 10.1. The predicted molar refractivity (Wildman–Crippen MR) is 95.4 cm³/mol. The molecule has 25 heavy (non-hydrogen) atoms. The number of halogens is 1. The highest BCUT2D eigenvalue weighted by molar-refractivity contribution is 5.96. The Morgan fingerprint density at radius 1 is 1.12 bits per heavy atom. The van der Waals surface area contributed by atoms with Crippen LogP contribution in [0.1, 0.15) is 25.0 Å². The second-order valence-electron chi connectivity index (χ2n) is 5.50. The molecule has 2 rings (SSSR count). The molecule has 2 aromatic carbocycles.